The number of rotatable bonds is 4. The first-order valence-corrected chi connectivity index (χ1v) is 10.8. The van der Waals surface area contributed by atoms with E-state index >= 15 is 0 Å². The zero-order chi connectivity index (χ0) is 24.0. The summed E-state index contributed by atoms with van der Waals surface area (Å²) >= 11 is 6.25. The minimum Gasteiger partial charge on any atom is -0.507 e. The van der Waals surface area contributed by atoms with Crippen LogP contribution >= 0.6 is 11.6 Å². The highest BCUT2D eigenvalue weighted by Crippen LogP contribution is 2.46. The fraction of sp³-hybridized carbons (Fsp3) is 0.0769. The van der Waals surface area contributed by atoms with Crippen molar-refractivity contribution in [2.45, 2.75) is 6.04 Å². The molecule has 7 nitrogen and oxygen atoms in total. The van der Waals surface area contributed by atoms with Crippen molar-refractivity contribution in [3.63, 3.8) is 0 Å². The van der Waals surface area contributed by atoms with Crippen LogP contribution in [-0.4, -0.2) is 34.0 Å². The number of carbonyl (C=O) groups excluding carboxylic acids is 2. The molecular weight excluding hydrogens is 456 g/mol. The number of ketones is 1. The summed E-state index contributed by atoms with van der Waals surface area (Å²) in [6.07, 6.45) is 1.70. The fourth-order valence-electron chi connectivity index (χ4n) is 4.33. The number of carbonyl (C=O) groups is 2. The van der Waals surface area contributed by atoms with Crippen LogP contribution in [0.2, 0.25) is 5.02 Å². The van der Waals surface area contributed by atoms with Crippen molar-refractivity contribution in [1.82, 2.24) is 4.98 Å². The number of para-hydroxylation sites is 3. The summed E-state index contributed by atoms with van der Waals surface area (Å²) in [6.45, 7) is 0. The molecule has 1 atom stereocenters. The Morgan fingerprint density at radius 1 is 1.06 bits per heavy atom. The Bertz CT molecular complexity index is 1490. The topological polar surface area (TPSA) is 103 Å². The van der Waals surface area contributed by atoms with E-state index in [-0.39, 0.29) is 33.4 Å². The van der Waals surface area contributed by atoms with Gasteiger partial charge in [-0.2, -0.15) is 0 Å². The monoisotopic (exact) mass is 474 g/mol. The zero-order valence-corrected chi connectivity index (χ0v) is 18.7. The number of aromatic hydroxyl groups is 1. The number of H-pyrrole nitrogens is 1. The summed E-state index contributed by atoms with van der Waals surface area (Å²) < 4.78 is 5.17. The van der Waals surface area contributed by atoms with Crippen LogP contribution in [-0.2, 0) is 9.59 Å². The maximum absolute atomic E-state index is 13.3. The molecule has 0 saturated carbocycles. The Morgan fingerprint density at radius 2 is 1.79 bits per heavy atom. The van der Waals surface area contributed by atoms with Crippen LogP contribution in [0, 0.1) is 0 Å². The Morgan fingerprint density at radius 3 is 2.53 bits per heavy atom. The molecule has 5 rings (SSSR count). The SMILES string of the molecule is COc1ccc(/C(O)=C2\C(=O)C(=O)N(c3ccccc3O)C2c2c[nH]c3ccccc23)cc1Cl. The number of benzene rings is 3. The number of Topliss-reactive ketones (excluding diaryl/α,β-unsaturated/α-hetero) is 1. The van der Waals surface area contributed by atoms with Crippen molar-refractivity contribution in [2.24, 2.45) is 0 Å². The molecule has 0 aliphatic carbocycles. The smallest absolute Gasteiger partial charge is 0.300 e. The van der Waals surface area contributed by atoms with E-state index in [0.29, 0.717) is 11.3 Å². The number of ether oxygens (including phenoxy) is 1. The highest BCUT2D eigenvalue weighted by Gasteiger charge is 2.48. The highest BCUT2D eigenvalue weighted by atomic mass is 35.5. The van der Waals surface area contributed by atoms with Crippen LogP contribution in [0.5, 0.6) is 11.5 Å². The average Bonchev–Trinajstić information content (AvgIpc) is 3.37. The first kappa shape index (κ1) is 21.6. The molecule has 1 aliphatic heterocycles. The predicted octanol–water partition coefficient (Wildman–Crippen LogP) is 5.16. The Hall–Kier alpha value is -4.23. The molecule has 1 aromatic heterocycles. The second kappa shape index (κ2) is 8.28. The number of aliphatic hydroxyl groups is 1. The van der Waals surface area contributed by atoms with Crippen LogP contribution in [0.4, 0.5) is 5.69 Å². The molecule has 0 spiro atoms. The normalized spacial score (nSPS) is 17.5. The number of anilines is 1. The van der Waals surface area contributed by atoms with Gasteiger partial charge in [-0.25, -0.2) is 0 Å². The molecule has 1 saturated heterocycles. The van der Waals surface area contributed by atoms with Gasteiger partial charge in [0, 0.05) is 28.2 Å². The van der Waals surface area contributed by atoms with E-state index in [9.17, 15) is 19.8 Å². The molecule has 34 heavy (non-hydrogen) atoms. The number of aromatic nitrogens is 1. The van der Waals surface area contributed by atoms with Gasteiger partial charge in [0.15, 0.2) is 0 Å². The number of nitrogens with zero attached hydrogens (tertiary/aromatic N) is 1. The molecule has 4 aromatic rings. The molecule has 0 radical (unpaired) electrons. The van der Waals surface area contributed by atoms with Crippen LogP contribution in [0.15, 0.2) is 78.5 Å². The summed E-state index contributed by atoms with van der Waals surface area (Å²) in [7, 11) is 1.47. The van der Waals surface area contributed by atoms with Gasteiger partial charge in [-0.15, -0.1) is 0 Å². The van der Waals surface area contributed by atoms with E-state index < -0.39 is 17.7 Å². The van der Waals surface area contributed by atoms with Crippen molar-refractivity contribution in [2.75, 3.05) is 12.0 Å². The van der Waals surface area contributed by atoms with Gasteiger partial charge in [0.2, 0.25) is 0 Å². The quantitative estimate of drug-likeness (QED) is 0.215. The summed E-state index contributed by atoms with van der Waals surface area (Å²) in [5, 5.41) is 22.8. The number of hydrogen-bond acceptors (Lipinski definition) is 5. The third-order valence-corrected chi connectivity index (χ3v) is 6.22. The number of fused-ring (bicyclic) bond motifs is 1. The summed E-state index contributed by atoms with van der Waals surface area (Å²) in [5.41, 5.74) is 1.70. The summed E-state index contributed by atoms with van der Waals surface area (Å²) in [6, 6.07) is 17.3. The zero-order valence-electron chi connectivity index (χ0n) is 17.9. The number of phenols is 1. The minimum atomic E-state index is -0.995. The number of hydrogen-bond donors (Lipinski definition) is 3. The first-order valence-electron chi connectivity index (χ1n) is 10.4. The number of aromatic amines is 1. The van der Waals surface area contributed by atoms with Gasteiger partial charge >= 0.3 is 0 Å². The molecule has 2 heterocycles. The van der Waals surface area contributed by atoms with Gasteiger partial charge in [0.25, 0.3) is 11.7 Å². The molecule has 1 fully saturated rings. The minimum absolute atomic E-state index is 0.112. The van der Waals surface area contributed by atoms with E-state index in [1.165, 1.54) is 24.1 Å². The van der Waals surface area contributed by atoms with E-state index in [1.807, 2.05) is 24.3 Å². The maximum atomic E-state index is 13.3. The molecular formula is C26H19ClN2O5. The maximum Gasteiger partial charge on any atom is 0.300 e. The average molecular weight is 475 g/mol. The fourth-order valence-corrected chi connectivity index (χ4v) is 4.59. The second-order valence-electron chi connectivity index (χ2n) is 7.80. The lowest BCUT2D eigenvalue weighted by atomic mass is 9.94. The molecule has 170 valence electrons. The Kier molecular flexibility index (Phi) is 5.26. The molecule has 1 amide bonds. The van der Waals surface area contributed by atoms with Crippen LogP contribution < -0.4 is 9.64 Å². The molecule has 3 N–H and O–H groups in total. The Balaban J connectivity index is 1.79. The standard InChI is InChI=1S/C26H19ClN2O5/c1-34-21-11-10-14(12-17(21)27)24(31)22-23(16-13-28-18-7-3-2-6-15(16)18)29(26(33)25(22)32)19-8-4-5-9-20(19)30/h2-13,23,28,30-31H,1H3/b24-22+. The number of halogens is 1. The van der Waals surface area contributed by atoms with E-state index in [1.54, 1.807) is 36.5 Å². The van der Waals surface area contributed by atoms with Crippen molar-refractivity contribution in [3.05, 3.63) is 94.6 Å². The van der Waals surface area contributed by atoms with E-state index in [2.05, 4.69) is 4.98 Å². The number of methoxy groups -OCH3 is 1. The Labute approximate surface area is 199 Å². The van der Waals surface area contributed by atoms with E-state index in [0.717, 1.165) is 10.9 Å². The lowest BCUT2D eigenvalue weighted by Gasteiger charge is -2.25. The van der Waals surface area contributed by atoms with Crippen molar-refractivity contribution >= 4 is 45.6 Å². The van der Waals surface area contributed by atoms with Crippen molar-refractivity contribution < 1.29 is 24.5 Å². The summed E-state index contributed by atoms with van der Waals surface area (Å²) in [5.74, 6) is -1.88. The second-order valence-corrected chi connectivity index (χ2v) is 8.20. The first-order chi connectivity index (χ1) is 16.4. The number of aliphatic hydroxyl groups excluding tert-OH is 1. The van der Waals surface area contributed by atoms with Crippen LogP contribution in [0.3, 0.4) is 0 Å². The molecule has 3 aromatic carbocycles. The van der Waals surface area contributed by atoms with E-state index in [4.69, 9.17) is 16.3 Å². The van der Waals surface area contributed by atoms with Crippen molar-refractivity contribution in [3.8, 4) is 11.5 Å². The molecule has 0 bridgehead atoms. The predicted molar refractivity (Wildman–Crippen MR) is 129 cm³/mol. The number of nitrogens with one attached hydrogen (secondary N) is 1. The molecule has 1 unspecified atom stereocenters. The van der Waals surface area contributed by atoms with Crippen molar-refractivity contribution in [1.29, 1.82) is 0 Å². The highest BCUT2D eigenvalue weighted by molar-refractivity contribution is 6.52. The lowest BCUT2D eigenvalue weighted by Crippen LogP contribution is -2.29. The van der Waals surface area contributed by atoms with Crippen LogP contribution in [0.25, 0.3) is 16.7 Å². The summed E-state index contributed by atoms with van der Waals surface area (Å²) in [4.78, 5) is 30.9. The van der Waals surface area contributed by atoms with Gasteiger partial charge in [-0.05, 0) is 36.4 Å². The molecule has 8 heteroatoms. The van der Waals surface area contributed by atoms with Crippen LogP contribution in [0.1, 0.15) is 17.2 Å². The third kappa shape index (κ3) is 3.29. The largest absolute Gasteiger partial charge is 0.507 e. The van der Waals surface area contributed by atoms with Gasteiger partial charge in [-0.3, -0.25) is 14.5 Å². The van der Waals surface area contributed by atoms with Gasteiger partial charge in [0.05, 0.1) is 29.4 Å². The molecule has 1 aliphatic rings. The van der Waals surface area contributed by atoms with Gasteiger partial charge in [-0.1, -0.05) is 41.9 Å². The third-order valence-electron chi connectivity index (χ3n) is 5.93. The lowest BCUT2D eigenvalue weighted by molar-refractivity contribution is -0.132. The van der Waals surface area contributed by atoms with Gasteiger partial charge in [0.1, 0.15) is 17.3 Å². The number of amides is 1. The van der Waals surface area contributed by atoms with Gasteiger partial charge < -0.3 is 19.9 Å². The number of phenolic OH excluding ortho intramolecular Hbond substituents is 1.